The average molecular weight is 514 g/mol. The molecule has 6 nitrogen and oxygen atoms in total. The molecule has 1 saturated heterocycles. The van der Waals surface area contributed by atoms with Crippen molar-refractivity contribution in [1.29, 1.82) is 0 Å². The number of anilines is 2. The van der Waals surface area contributed by atoms with Gasteiger partial charge in [-0.1, -0.05) is 23.2 Å². The number of aromatic nitrogens is 2. The van der Waals surface area contributed by atoms with Gasteiger partial charge in [0.1, 0.15) is 0 Å². The third-order valence-corrected chi connectivity index (χ3v) is 6.53. The number of likely N-dealkylation sites (tertiary alicyclic amines) is 1. The predicted octanol–water partition coefficient (Wildman–Crippen LogP) is 6.67. The summed E-state index contributed by atoms with van der Waals surface area (Å²) in [5, 5.41) is 4.64. The number of alkyl halides is 3. The van der Waals surface area contributed by atoms with E-state index in [9.17, 15) is 18.0 Å². The maximum absolute atomic E-state index is 13.0. The lowest BCUT2D eigenvalue weighted by Crippen LogP contribution is -2.39. The van der Waals surface area contributed by atoms with Crippen LogP contribution in [0.5, 0.6) is 0 Å². The van der Waals surface area contributed by atoms with E-state index in [1.165, 1.54) is 9.80 Å². The van der Waals surface area contributed by atoms with E-state index in [0.717, 1.165) is 10.9 Å². The molecule has 4 rings (SSSR count). The minimum Gasteiger partial charge on any atom is -0.359 e. The predicted molar refractivity (Wildman–Crippen MR) is 129 cm³/mol. The molecule has 11 heteroatoms. The molecule has 1 aromatic carbocycles. The molecule has 34 heavy (non-hydrogen) atoms. The number of H-pyrrole nitrogens is 1. The number of urea groups is 1. The van der Waals surface area contributed by atoms with Gasteiger partial charge in [-0.05, 0) is 57.1 Å². The number of pyridine rings is 1. The normalized spacial score (nSPS) is 15.6. The first-order valence-corrected chi connectivity index (χ1v) is 11.7. The fourth-order valence-electron chi connectivity index (χ4n) is 4.33. The van der Waals surface area contributed by atoms with Gasteiger partial charge >= 0.3 is 12.2 Å². The van der Waals surface area contributed by atoms with Crippen LogP contribution in [0.15, 0.2) is 36.7 Å². The van der Waals surface area contributed by atoms with Crippen molar-refractivity contribution in [3.63, 3.8) is 0 Å². The third kappa shape index (κ3) is 5.59. The van der Waals surface area contributed by atoms with Crippen molar-refractivity contribution in [3.05, 3.63) is 52.4 Å². The molecular weight excluding hydrogens is 490 g/mol. The molecule has 1 aliphatic rings. The Morgan fingerprint density at radius 1 is 1.26 bits per heavy atom. The Morgan fingerprint density at radius 3 is 2.65 bits per heavy atom. The van der Waals surface area contributed by atoms with E-state index in [-0.39, 0.29) is 11.9 Å². The molecule has 0 saturated carbocycles. The average Bonchev–Trinajstić information content (AvgIpc) is 3.16. The van der Waals surface area contributed by atoms with Crippen LogP contribution in [0.2, 0.25) is 10.0 Å². The van der Waals surface area contributed by atoms with Crippen molar-refractivity contribution in [2.45, 2.75) is 31.9 Å². The Morgan fingerprint density at radius 2 is 2.00 bits per heavy atom. The van der Waals surface area contributed by atoms with E-state index in [1.807, 2.05) is 13.0 Å². The van der Waals surface area contributed by atoms with Crippen LogP contribution in [-0.2, 0) is 0 Å². The summed E-state index contributed by atoms with van der Waals surface area (Å²) in [6.45, 7) is 1.99. The molecule has 0 radical (unpaired) electrons. The molecule has 0 bridgehead atoms. The SMILES string of the molecule is CCN(C(=O)Nc1c[nH]c2ccc(Cl)cc12)c1cnc(C2CCN(CC(F)(F)F)CC2)c(Cl)c1. The van der Waals surface area contributed by atoms with Crippen LogP contribution in [0.25, 0.3) is 10.9 Å². The molecule has 0 atom stereocenters. The Labute approximate surface area is 205 Å². The standard InChI is InChI=1S/C23H24Cl2F3N5O/c1-2-33(22(34)31-20-12-29-19-4-3-15(24)9-17(19)20)16-10-18(25)21(30-11-16)14-5-7-32(8-6-14)13-23(26,27)28/h3-4,9-12,14,29H,2,5-8,13H2,1H3,(H,31,34). The summed E-state index contributed by atoms with van der Waals surface area (Å²) in [5.74, 6) is -0.0223. The highest BCUT2D eigenvalue weighted by molar-refractivity contribution is 6.32. The number of fused-ring (bicyclic) bond motifs is 1. The highest BCUT2D eigenvalue weighted by atomic mass is 35.5. The van der Waals surface area contributed by atoms with Crippen LogP contribution in [0.4, 0.5) is 29.3 Å². The summed E-state index contributed by atoms with van der Waals surface area (Å²) in [6.07, 6.45) is 0.171. The molecular formula is C23H24Cl2F3N5O. The number of halogens is 5. The van der Waals surface area contributed by atoms with Gasteiger partial charge in [0.25, 0.3) is 0 Å². The molecule has 2 N–H and O–H groups in total. The first-order chi connectivity index (χ1) is 16.1. The molecule has 1 fully saturated rings. The maximum atomic E-state index is 13.0. The Hall–Kier alpha value is -2.49. The Kier molecular flexibility index (Phi) is 7.25. The fourth-order valence-corrected chi connectivity index (χ4v) is 4.81. The molecule has 2 aromatic heterocycles. The quantitative estimate of drug-likeness (QED) is 0.400. The van der Waals surface area contributed by atoms with E-state index in [1.54, 1.807) is 30.6 Å². The molecule has 1 aliphatic heterocycles. The van der Waals surface area contributed by atoms with Crippen molar-refractivity contribution in [2.75, 3.05) is 36.4 Å². The molecule has 0 unspecified atom stereocenters. The lowest BCUT2D eigenvalue weighted by atomic mass is 9.93. The number of benzene rings is 1. The molecule has 3 aromatic rings. The van der Waals surface area contributed by atoms with Crippen molar-refractivity contribution < 1.29 is 18.0 Å². The number of nitrogens with zero attached hydrogens (tertiary/aromatic N) is 3. The van der Waals surface area contributed by atoms with Gasteiger partial charge in [-0.25, -0.2) is 4.79 Å². The minimum atomic E-state index is -4.20. The third-order valence-electron chi connectivity index (χ3n) is 5.99. The van der Waals surface area contributed by atoms with E-state index >= 15 is 0 Å². The number of carbonyl (C=O) groups is 1. The van der Waals surface area contributed by atoms with Gasteiger partial charge in [0.05, 0.1) is 34.8 Å². The van der Waals surface area contributed by atoms with Gasteiger partial charge in [0.2, 0.25) is 0 Å². The molecule has 182 valence electrons. The van der Waals surface area contributed by atoms with Crippen molar-refractivity contribution >= 4 is 51.5 Å². The van der Waals surface area contributed by atoms with Crippen molar-refractivity contribution in [1.82, 2.24) is 14.9 Å². The second kappa shape index (κ2) is 10.0. The van der Waals surface area contributed by atoms with Gasteiger partial charge in [0.15, 0.2) is 0 Å². The summed E-state index contributed by atoms with van der Waals surface area (Å²) in [7, 11) is 0. The first-order valence-electron chi connectivity index (χ1n) is 10.9. The van der Waals surface area contributed by atoms with Crippen LogP contribution in [0.3, 0.4) is 0 Å². The number of piperidine rings is 1. The molecule has 0 spiro atoms. The van der Waals surface area contributed by atoms with Crippen LogP contribution in [0, 0.1) is 0 Å². The number of rotatable bonds is 5. The second-order valence-corrected chi connectivity index (χ2v) is 9.14. The molecule has 3 heterocycles. The smallest absolute Gasteiger partial charge is 0.359 e. The van der Waals surface area contributed by atoms with Crippen LogP contribution in [0.1, 0.15) is 31.4 Å². The Bertz CT molecular complexity index is 1180. The van der Waals surface area contributed by atoms with Gasteiger partial charge < -0.3 is 10.3 Å². The number of aromatic amines is 1. The summed E-state index contributed by atoms with van der Waals surface area (Å²) in [6, 6.07) is 6.70. The summed E-state index contributed by atoms with van der Waals surface area (Å²) in [5.41, 5.74) is 2.63. The number of hydrogen-bond acceptors (Lipinski definition) is 3. The van der Waals surface area contributed by atoms with E-state index in [2.05, 4.69) is 15.3 Å². The lowest BCUT2D eigenvalue weighted by molar-refractivity contribution is -0.147. The monoisotopic (exact) mass is 513 g/mol. The highest BCUT2D eigenvalue weighted by Crippen LogP contribution is 2.34. The zero-order chi connectivity index (χ0) is 24.5. The van der Waals surface area contributed by atoms with Crippen LogP contribution in [-0.4, -0.2) is 53.3 Å². The maximum Gasteiger partial charge on any atom is 0.401 e. The van der Waals surface area contributed by atoms with E-state index in [0.29, 0.717) is 59.6 Å². The minimum absolute atomic E-state index is 0.0223. The van der Waals surface area contributed by atoms with Crippen molar-refractivity contribution in [2.24, 2.45) is 0 Å². The summed E-state index contributed by atoms with van der Waals surface area (Å²) < 4.78 is 37.9. The second-order valence-electron chi connectivity index (χ2n) is 8.29. The van der Waals surface area contributed by atoms with Crippen LogP contribution >= 0.6 is 23.2 Å². The number of nitrogens with one attached hydrogen (secondary N) is 2. The number of hydrogen-bond donors (Lipinski definition) is 2. The topological polar surface area (TPSA) is 64.3 Å². The van der Waals surface area contributed by atoms with Crippen molar-refractivity contribution in [3.8, 4) is 0 Å². The Balaban J connectivity index is 1.45. The summed E-state index contributed by atoms with van der Waals surface area (Å²) >= 11 is 12.6. The largest absolute Gasteiger partial charge is 0.401 e. The van der Waals surface area contributed by atoms with Gasteiger partial charge in [-0.15, -0.1) is 0 Å². The van der Waals surface area contributed by atoms with Gasteiger partial charge in [0, 0.05) is 34.6 Å². The number of amides is 2. The van der Waals surface area contributed by atoms with E-state index in [4.69, 9.17) is 23.2 Å². The summed E-state index contributed by atoms with van der Waals surface area (Å²) in [4.78, 5) is 23.5. The van der Waals surface area contributed by atoms with Crippen LogP contribution < -0.4 is 10.2 Å². The molecule has 2 amide bonds. The van der Waals surface area contributed by atoms with E-state index < -0.39 is 12.7 Å². The van der Waals surface area contributed by atoms with Gasteiger partial charge in [-0.2, -0.15) is 13.2 Å². The fraction of sp³-hybridized carbons (Fsp3) is 0.391. The zero-order valence-electron chi connectivity index (χ0n) is 18.4. The lowest BCUT2D eigenvalue weighted by Gasteiger charge is -2.32. The number of carbonyl (C=O) groups excluding carboxylic acids is 1. The highest BCUT2D eigenvalue weighted by Gasteiger charge is 2.33. The molecule has 0 aliphatic carbocycles. The van der Waals surface area contributed by atoms with Gasteiger partial charge in [-0.3, -0.25) is 14.8 Å². The first kappa shape index (κ1) is 24.6. The zero-order valence-corrected chi connectivity index (χ0v) is 19.9.